The maximum Gasteiger partial charge on any atom is 0.198 e. The first-order valence-corrected chi connectivity index (χ1v) is 11.0. The number of nitrogens with zero attached hydrogens (tertiary/aromatic N) is 3. The van der Waals surface area contributed by atoms with Gasteiger partial charge in [-0.2, -0.15) is 0 Å². The zero-order valence-corrected chi connectivity index (χ0v) is 16.8. The Morgan fingerprint density at radius 2 is 1.75 bits per heavy atom. The summed E-state index contributed by atoms with van der Waals surface area (Å²) in [6.07, 6.45) is 9.48. The molecule has 0 spiro atoms. The molecule has 0 aromatic heterocycles. The van der Waals surface area contributed by atoms with Crippen LogP contribution in [0.2, 0.25) is 0 Å². The van der Waals surface area contributed by atoms with Gasteiger partial charge in [-0.1, -0.05) is 18.9 Å². The molecule has 2 atom stereocenters. The minimum absolute atomic E-state index is 0.125. The highest BCUT2D eigenvalue weighted by atomic mass is 19.1. The maximum atomic E-state index is 13.7. The molecule has 1 aliphatic carbocycles. The highest BCUT2D eigenvalue weighted by molar-refractivity contribution is 5.93. The van der Waals surface area contributed by atoms with Crippen LogP contribution in [0.1, 0.15) is 51.4 Å². The zero-order chi connectivity index (χ0) is 19.3. The van der Waals surface area contributed by atoms with Crippen molar-refractivity contribution in [1.82, 2.24) is 9.80 Å². The van der Waals surface area contributed by atoms with Crippen LogP contribution in [0.25, 0.3) is 0 Å². The van der Waals surface area contributed by atoms with E-state index in [0.29, 0.717) is 6.04 Å². The molecule has 154 valence electrons. The van der Waals surface area contributed by atoms with Crippen molar-refractivity contribution in [1.29, 1.82) is 0 Å². The number of rotatable bonds is 3. The number of hydrogen-bond acceptors (Lipinski definition) is 3. The molecule has 1 saturated carbocycles. The number of anilines is 1. The van der Waals surface area contributed by atoms with Crippen molar-refractivity contribution in [2.24, 2.45) is 10.7 Å². The summed E-state index contributed by atoms with van der Waals surface area (Å²) in [6.45, 7) is 4.49. The van der Waals surface area contributed by atoms with Crippen molar-refractivity contribution in [2.45, 2.75) is 69.5 Å². The average Bonchev–Trinajstić information content (AvgIpc) is 3.24. The molecular weight excluding hydrogens is 353 g/mol. The molecule has 6 heteroatoms. The van der Waals surface area contributed by atoms with Crippen LogP contribution in [0.3, 0.4) is 0 Å². The lowest BCUT2D eigenvalue weighted by atomic mass is 9.91. The molecular formula is C22H34FN5. The number of hydrogen-bond donors (Lipinski definition) is 2. The normalized spacial score (nSPS) is 27.9. The van der Waals surface area contributed by atoms with Crippen LogP contribution in [-0.2, 0) is 0 Å². The summed E-state index contributed by atoms with van der Waals surface area (Å²) in [5, 5.41) is 3.41. The molecule has 4 rings (SSSR count). The van der Waals surface area contributed by atoms with Crippen molar-refractivity contribution in [3.05, 3.63) is 30.1 Å². The van der Waals surface area contributed by atoms with Crippen LogP contribution in [0.4, 0.5) is 10.1 Å². The molecule has 1 aromatic rings. The van der Waals surface area contributed by atoms with Crippen molar-refractivity contribution < 1.29 is 4.39 Å². The summed E-state index contributed by atoms with van der Waals surface area (Å²) < 4.78 is 13.7. The van der Waals surface area contributed by atoms with Gasteiger partial charge in [-0.25, -0.2) is 9.38 Å². The number of nitrogens with one attached hydrogen (secondary N) is 1. The van der Waals surface area contributed by atoms with Gasteiger partial charge in [-0.3, -0.25) is 0 Å². The van der Waals surface area contributed by atoms with Gasteiger partial charge in [0.25, 0.3) is 0 Å². The number of guanidine groups is 1. The second-order valence-electron chi connectivity index (χ2n) is 8.57. The van der Waals surface area contributed by atoms with E-state index in [-0.39, 0.29) is 17.9 Å². The highest BCUT2D eigenvalue weighted by Gasteiger charge is 2.29. The van der Waals surface area contributed by atoms with Gasteiger partial charge in [-0.15, -0.1) is 0 Å². The minimum atomic E-state index is -0.230. The van der Waals surface area contributed by atoms with Gasteiger partial charge in [0.05, 0.1) is 6.04 Å². The summed E-state index contributed by atoms with van der Waals surface area (Å²) in [5.41, 5.74) is 7.11. The van der Waals surface area contributed by atoms with Crippen molar-refractivity contribution in [3.8, 4) is 0 Å². The van der Waals surface area contributed by atoms with Gasteiger partial charge in [-0.05, 0) is 69.8 Å². The Hall–Kier alpha value is -1.66. The zero-order valence-electron chi connectivity index (χ0n) is 16.8. The van der Waals surface area contributed by atoms with Gasteiger partial charge >= 0.3 is 0 Å². The third-order valence-electron chi connectivity index (χ3n) is 6.57. The van der Waals surface area contributed by atoms with Crippen LogP contribution in [0, 0.1) is 5.82 Å². The van der Waals surface area contributed by atoms with Crippen molar-refractivity contribution in [2.75, 3.05) is 31.5 Å². The molecule has 3 aliphatic rings. The Morgan fingerprint density at radius 3 is 2.46 bits per heavy atom. The number of likely N-dealkylation sites (tertiary alicyclic amines) is 2. The molecule has 3 fully saturated rings. The summed E-state index contributed by atoms with van der Waals surface area (Å²) >= 11 is 0. The number of nitrogens with two attached hydrogens (primary N) is 1. The van der Waals surface area contributed by atoms with Gasteiger partial charge in [0, 0.05) is 30.9 Å². The fourth-order valence-electron chi connectivity index (χ4n) is 4.90. The molecule has 2 aliphatic heterocycles. The predicted octanol–water partition coefficient (Wildman–Crippen LogP) is 3.42. The fraction of sp³-hybridized carbons (Fsp3) is 0.682. The van der Waals surface area contributed by atoms with E-state index >= 15 is 0 Å². The smallest absolute Gasteiger partial charge is 0.198 e. The molecule has 28 heavy (non-hydrogen) atoms. The molecule has 3 N–H and O–H groups in total. The highest BCUT2D eigenvalue weighted by Crippen LogP contribution is 2.24. The summed E-state index contributed by atoms with van der Waals surface area (Å²) in [6, 6.07) is 7.62. The first-order valence-electron chi connectivity index (χ1n) is 11.0. The molecule has 5 nitrogen and oxygen atoms in total. The van der Waals surface area contributed by atoms with Crippen LogP contribution in [0.5, 0.6) is 0 Å². The van der Waals surface area contributed by atoms with Crippen molar-refractivity contribution >= 4 is 11.6 Å². The maximum absolute atomic E-state index is 13.7. The Balaban J connectivity index is 1.47. The molecule has 1 aromatic carbocycles. The first kappa shape index (κ1) is 19.6. The monoisotopic (exact) mass is 387 g/mol. The van der Waals surface area contributed by atoms with E-state index in [2.05, 4.69) is 15.1 Å². The van der Waals surface area contributed by atoms with Crippen LogP contribution in [-0.4, -0.2) is 60.1 Å². The van der Waals surface area contributed by atoms with E-state index < -0.39 is 0 Å². The van der Waals surface area contributed by atoms with Gasteiger partial charge in [0.2, 0.25) is 0 Å². The molecule has 0 unspecified atom stereocenters. The lowest BCUT2D eigenvalue weighted by Gasteiger charge is -2.39. The molecule has 2 saturated heterocycles. The lowest BCUT2D eigenvalue weighted by Crippen LogP contribution is -2.49. The Morgan fingerprint density at radius 1 is 1.00 bits per heavy atom. The van der Waals surface area contributed by atoms with Crippen LogP contribution >= 0.6 is 0 Å². The van der Waals surface area contributed by atoms with E-state index in [1.165, 1.54) is 63.7 Å². The second-order valence-corrected chi connectivity index (χ2v) is 8.57. The van der Waals surface area contributed by atoms with Gasteiger partial charge in [0.1, 0.15) is 5.82 Å². The standard InChI is InChI=1S/C22H34FN5/c23-17-6-5-7-18(16-17)25-22(26-21-9-2-1-8-20(21)24)28-14-10-19(11-15-28)27-12-3-4-13-27/h5-7,16,19-21H,1-4,8-15,24H2,(H,25,26)/t20-,21-/m0/s1. The van der Waals surface area contributed by atoms with Gasteiger partial charge in [0.15, 0.2) is 5.96 Å². The molecule has 0 amide bonds. The van der Waals surface area contributed by atoms with Crippen molar-refractivity contribution in [3.63, 3.8) is 0 Å². The summed E-state index contributed by atoms with van der Waals surface area (Å²) in [5.74, 6) is 0.638. The van der Waals surface area contributed by atoms with E-state index in [1.807, 2.05) is 6.07 Å². The Labute approximate surface area is 168 Å². The Kier molecular flexibility index (Phi) is 6.47. The average molecular weight is 388 g/mol. The largest absolute Gasteiger partial charge is 0.343 e. The molecule has 0 radical (unpaired) electrons. The van der Waals surface area contributed by atoms with E-state index in [9.17, 15) is 4.39 Å². The van der Waals surface area contributed by atoms with E-state index in [1.54, 1.807) is 6.07 Å². The SMILES string of the molecule is N[C@H]1CCCC[C@@H]1N=C(Nc1cccc(F)c1)N1CCC(N2CCCC2)CC1. The third kappa shape index (κ3) is 4.84. The second kappa shape index (κ2) is 9.23. The van der Waals surface area contributed by atoms with E-state index in [4.69, 9.17) is 10.7 Å². The molecule has 2 heterocycles. The van der Waals surface area contributed by atoms with Crippen LogP contribution < -0.4 is 11.1 Å². The Bertz CT molecular complexity index is 665. The fourth-order valence-corrected chi connectivity index (χ4v) is 4.90. The van der Waals surface area contributed by atoms with Gasteiger partial charge < -0.3 is 20.9 Å². The number of benzene rings is 1. The van der Waals surface area contributed by atoms with E-state index in [0.717, 1.165) is 37.6 Å². The lowest BCUT2D eigenvalue weighted by molar-refractivity contribution is 0.163. The summed E-state index contributed by atoms with van der Waals surface area (Å²) in [4.78, 5) is 10.1. The first-order chi connectivity index (χ1) is 13.7. The number of aliphatic imine (C=N–C) groups is 1. The topological polar surface area (TPSA) is 56.9 Å². The number of piperidine rings is 1. The third-order valence-corrected chi connectivity index (χ3v) is 6.57. The summed E-state index contributed by atoms with van der Waals surface area (Å²) in [7, 11) is 0. The minimum Gasteiger partial charge on any atom is -0.343 e. The quantitative estimate of drug-likeness (QED) is 0.616. The van der Waals surface area contributed by atoms with Crippen LogP contribution in [0.15, 0.2) is 29.3 Å². The predicted molar refractivity (Wildman–Crippen MR) is 113 cm³/mol. The number of halogens is 1. The molecule has 0 bridgehead atoms.